The Bertz CT molecular complexity index is 403. The predicted molar refractivity (Wildman–Crippen MR) is 61.3 cm³/mol. The number of rotatable bonds is 0. The molecule has 0 spiro atoms. The van der Waals surface area contributed by atoms with Crippen molar-refractivity contribution in [2.75, 3.05) is 0 Å². The largest absolute Gasteiger partial charge is 3.00 e. The van der Waals surface area contributed by atoms with Crippen LogP contribution in [0.5, 0.6) is 0 Å². The van der Waals surface area contributed by atoms with Crippen molar-refractivity contribution in [2.24, 2.45) is 0 Å². The van der Waals surface area contributed by atoms with Gasteiger partial charge in [-0.25, -0.2) is 6.08 Å². The standard InChI is InChI=1S/C14H17.2ClH.Zr/c1-10-8-9-13(14(2,3)4)12-7-5-6-11(10)12;;;/h7-9H,6H2,1-4H3;2*1H;/q-1;;;+3/p-2. The minimum atomic E-state index is 0. The quantitative estimate of drug-likeness (QED) is 0.462. The van der Waals surface area contributed by atoms with Crippen LogP contribution in [0.15, 0.2) is 12.1 Å². The van der Waals surface area contributed by atoms with E-state index >= 15 is 0 Å². The maximum absolute atomic E-state index is 3.32. The zero-order valence-corrected chi connectivity index (χ0v) is 14.7. The first-order chi connectivity index (χ1) is 6.50. The van der Waals surface area contributed by atoms with Gasteiger partial charge in [0.2, 0.25) is 0 Å². The summed E-state index contributed by atoms with van der Waals surface area (Å²) in [6.45, 7) is 8.99. The van der Waals surface area contributed by atoms with Gasteiger partial charge in [0.05, 0.1) is 0 Å². The number of benzene rings is 1. The Kier molecular flexibility index (Phi) is 8.27. The molecule has 1 aromatic carbocycles. The fraction of sp³-hybridized carbons (Fsp3) is 0.429. The van der Waals surface area contributed by atoms with Crippen LogP contribution in [0.3, 0.4) is 0 Å². The number of hydrogen-bond acceptors (Lipinski definition) is 0. The summed E-state index contributed by atoms with van der Waals surface area (Å²) in [6.07, 6.45) is 6.46. The van der Waals surface area contributed by atoms with E-state index in [1.165, 1.54) is 22.3 Å². The summed E-state index contributed by atoms with van der Waals surface area (Å²) in [5.74, 6) is 0. The van der Waals surface area contributed by atoms with Crippen LogP contribution < -0.4 is 24.8 Å². The average molecular weight is 347 g/mol. The van der Waals surface area contributed by atoms with E-state index in [1.807, 2.05) is 0 Å². The molecule has 0 atom stereocenters. The molecule has 1 aliphatic carbocycles. The number of aryl methyl sites for hydroxylation is 1. The van der Waals surface area contributed by atoms with Crippen molar-refractivity contribution in [1.29, 1.82) is 0 Å². The van der Waals surface area contributed by atoms with E-state index in [9.17, 15) is 0 Å². The van der Waals surface area contributed by atoms with E-state index < -0.39 is 0 Å². The van der Waals surface area contributed by atoms with Crippen LogP contribution in [0.25, 0.3) is 6.08 Å². The second kappa shape index (κ2) is 7.12. The van der Waals surface area contributed by atoms with E-state index in [0.29, 0.717) is 0 Å². The van der Waals surface area contributed by atoms with Gasteiger partial charge in [-0.15, -0.1) is 17.5 Å². The molecule has 17 heavy (non-hydrogen) atoms. The molecule has 0 nitrogen and oxygen atoms in total. The van der Waals surface area contributed by atoms with Crippen molar-refractivity contribution < 1.29 is 51.0 Å². The van der Waals surface area contributed by atoms with Crippen LogP contribution in [0.2, 0.25) is 0 Å². The van der Waals surface area contributed by atoms with Crippen molar-refractivity contribution in [3.05, 3.63) is 40.5 Å². The van der Waals surface area contributed by atoms with Crippen LogP contribution in [0.1, 0.15) is 43.0 Å². The number of halogens is 2. The Morgan fingerprint density at radius 3 is 2.24 bits per heavy atom. The van der Waals surface area contributed by atoms with Crippen molar-refractivity contribution in [2.45, 2.75) is 39.5 Å². The summed E-state index contributed by atoms with van der Waals surface area (Å²) in [4.78, 5) is 0. The van der Waals surface area contributed by atoms with Gasteiger partial charge >= 0.3 is 26.2 Å². The Morgan fingerprint density at radius 1 is 1.12 bits per heavy atom. The van der Waals surface area contributed by atoms with Crippen LogP contribution >= 0.6 is 0 Å². The maximum atomic E-state index is 3.32. The molecule has 0 aliphatic heterocycles. The van der Waals surface area contributed by atoms with E-state index in [2.05, 4.69) is 52.0 Å². The maximum Gasteiger partial charge on any atom is 3.00 e. The summed E-state index contributed by atoms with van der Waals surface area (Å²) in [7, 11) is 0. The van der Waals surface area contributed by atoms with E-state index in [-0.39, 0.29) is 56.4 Å². The Hall–Kier alpha value is 0.423. The first-order valence-electron chi connectivity index (χ1n) is 5.20. The smallest absolute Gasteiger partial charge is 1.00 e. The Morgan fingerprint density at radius 2 is 1.71 bits per heavy atom. The molecule has 1 aromatic rings. The third kappa shape index (κ3) is 3.95. The zero-order chi connectivity index (χ0) is 10.3. The molecule has 0 unspecified atom stereocenters. The van der Waals surface area contributed by atoms with Crippen LogP contribution in [-0.4, -0.2) is 0 Å². The van der Waals surface area contributed by atoms with Crippen molar-refractivity contribution in [3.8, 4) is 0 Å². The molecule has 0 heterocycles. The van der Waals surface area contributed by atoms with E-state index in [1.54, 1.807) is 0 Å². The van der Waals surface area contributed by atoms with Crippen LogP contribution in [0, 0.1) is 13.0 Å². The first-order valence-corrected chi connectivity index (χ1v) is 5.20. The van der Waals surface area contributed by atoms with Gasteiger partial charge in [0.15, 0.2) is 0 Å². The number of fused-ring (bicyclic) bond motifs is 1. The van der Waals surface area contributed by atoms with Gasteiger partial charge in [-0.2, -0.15) is 5.56 Å². The van der Waals surface area contributed by atoms with Gasteiger partial charge in [-0.3, -0.25) is 6.08 Å². The molecule has 0 aromatic heterocycles. The van der Waals surface area contributed by atoms with Gasteiger partial charge in [0, 0.05) is 0 Å². The van der Waals surface area contributed by atoms with Crippen LogP contribution in [0.4, 0.5) is 0 Å². The van der Waals surface area contributed by atoms with Gasteiger partial charge in [-0.1, -0.05) is 38.5 Å². The number of hydrogen-bond donors (Lipinski definition) is 0. The molecule has 0 N–H and O–H groups in total. The van der Waals surface area contributed by atoms with E-state index in [0.717, 1.165) is 6.42 Å². The minimum Gasteiger partial charge on any atom is -1.00 e. The first kappa shape index (κ1) is 19.8. The molecule has 3 heteroatoms. The summed E-state index contributed by atoms with van der Waals surface area (Å²) < 4.78 is 0. The van der Waals surface area contributed by atoms with Gasteiger partial charge in [0.25, 0.3) is 0 Å². The van der Waals surface area contributed by atoms with Gasteiger partial charge in [-0.05, 0) is 12.3 Å². The predicted octanol–water partition coefficient (Wildman–Crippen LogP) is -2.33. The molecular weight excluding hydrogens is 330 g/mol. The SMILES string of the molecule is Cc1ccc(C(C)(C)C)c2c1C[C-]=C2.[Cl-].[Cl-].[Zr+3]. The molecular formula is C14H17Cl2Zr. The summed E-state index contributed by atoms with van der Waals surface area (Å²) >= 11 is 0. The van der Waals surface area contributed by atoms with Gasteiger partial charge in [0.1, 0.15) is 0 Å². The molecule has 2 rings (SSSR count). The van der Waals surface area contributed by atoms with Gasteiger partial charge < -0.3 is 24.8 Å². The fourth-order valence-corrected chi connectivity index (χ4v) is 2.08. The van der Waals surface area contributed by atoms with Crippen molar-refractivity contribution in [3.63, 3.8) is 0 Å². The van der Waals surface area contributed by atoms with Crippen molar-refractivity contribution >= 4 is 6.08 Å². The molecule has 0 saturated heterocycles. The molecule has 1 radical (unpaired) electrons. The second-order valence-corrected chi connectivity index (χ2v) is 5.10. The molecule has 0 amide bonds. The third-order valence-electron chi connectivity index (χ3n) is 2.92. The molecule has 91 valence electrons. The number of allylic oxidation sites excluding steroid dienone is 1. The summed E-state index contributed by atoms with van der Waals surface area (Å²) in [5.41, 5.74) is 5.97. The molecule has 0 fully saturated rings. The summed E-state index contributed by atoms with van der Waals surface area (Å²) in [6, 6.07) is 4.50. The normalized spacial score (nSPS) is 12.0. The Labute approximate surface area is 136 Å². The van der Waals surface area contributed by atoms with Crippen LogP contribution in [-0.2, 0) is 38.0 Å². The third-order valence-corrected chi connectivity index (χ3v) is 2.92. The van der Waals surface area contributed by atoms with E-state index in [4.69, 9.17) is 0 Å². The molecule has 1 aliphatic rings. The van der Waals surface area contributed by atoms with Crippen molar-refractivity contribution in [1.82, 2.24) is 0 Å². The average Bonchev–Trinajstić information content (AvgIpc) is 2.50. The molecule has 0 bridgehead atoms. The summed E-state index contributed by atoms with van der Waals surface area (Å²) in [5, 5.41) is 0. The monoisotopic (exact) mass is 345 g/mol. The Balaban J connectivity index is 0. The topological polar surface area (TPSA) is 0 Å². The fourth-order valence-electron chi connectivity index (χ4n) is 2.08. The molecule has 0 saturated carbocycles. The zero-order valence-electron chi connectivity index (χ0n) is 10.7. The second-order valence-electron chi connectivity index (χ2n) is 5.10. The minimum absolute atomic E-state index is 0.